The second-order valence-electron chi connectivity index (χ2n) is 7.59. The van der Waals surface area contributed by atoms with Gasteiger partial charge in [0.25, 0.3) is 5.66 Å². The predicted molar refractivity (Wildman–Crippen MR) is 113 cm³/mol. The van der Waals surface area contributed by atoms with E-state index >= 15 is 0 Å². The first kappa shape index (κ1) is 23.1. The van der Waals surface area contributed by atoms with E-state index in [0.717, 1.165) is 13.1 Å². The van der Waals surface area contributed by atoms with Crippen LogP contribution in [-0.4, -0.2) is 62.7 Å². The molecule has 31 heavy (non-hydrogen) atoms. The Morgan fingerprint density at radius 3 is 2.61 bits per heavy atom. The monoisotopic (exact) mass is 450 g/mol. The van der Waals surface area contributed by atoms with Crippen LogP contribution in [0.5, 0.6) is 0 Å². The van der Waals surface area contributed by atoms with E-state index < -0.39 is 32.2 Å². The summed E-state index contributed by atoms with van der Waals surface area (Å²) in [4.78, 5) is 24.7. The summed E-state index contributed by atoms with van der Waals surface area (Å²) in [7, 11) is -4.26. The number of sulfone groups is 1. The summed E-state index contributed by atoms with van der Waals surface area (Å²) in [5, 5.41) is 11.8. The molecule has 0 radical (unpaired) electrons. The molecule has 0 bridgehead atoms. The van der Waals surface area contributed by atoms with Crippen molar-refractivity contribution < 1.29 is 22.9 Å². The van der Waals surface area contributed by atoms with Gasteiger partial charge in [0.2, 0.25) is 15.7 Å². The van der Waals surface area contributed by atoms with E-state index in [9.17, 15) is 23.3 Å². The van der Waals surface area contributed by atoms with Crippen molar-refractivity contribution in [3.05, 3.63) is 63.1 Å². The minimum Gasteiger partial charge on any atom is -0.379 e. The Morgan fingerprint density at radius 2 is 1.97 bits per heavy atom. The molecule has 2 aliphatic rings. The lowest BCUT2D eigenvalue weighted by molar-refractivity contribution is -0.563. The van der Waals surface area contributed by atoms with Crippen LogP contribution >= 0.6 is 0 Å². The molecule has 10 nitrogen and oxygen atoms in total. The molecule has 11 heteroatoms. The summed E-state index contributed by atoms with van der Waals surface area (Å²) in [6.07, 6.45) is 4.51. The van der Waals surface area contributed by atoms with Gasteiger partial charge in [-0.15, -0.1) is 0 Å². The summed E-state index contributed by atoms with van der Waals surface area (Å²) >= 11 is 0. The molecule has 1 saturated heterocycles. The lowest BCUT2D eigenvalue weighted by atomic mass is 9.85. The molecule has 2 unspecified atom stereocenters. The fourth-order valence-corrected chi connectivity index (χ4v) is 5.88. The highest BCUT2D eigenvalue weighted by atomic mass is 32.2. The highest BCUT2D eigenvalue weighted by Gasteiger charge is 2.51. The normalized spacial score (nSPS) is 24.5. The first-order valence-electron chi connectivity index (χ1n) is 9.94. The Bertz CT molecular complexity index is 1020. The molecule has 1 amide bonds. The van der Waals surface area contributed by atoms with E-state index in [1.807, 2.05) is 0 Å². The van der Waals surface area contributed by atoms with Crippen molar-refractivity contribution in [1.29, 1.82) is 0 Å². The number of primary amides is 1. The zero-order valence-electron chi connectivity index (χ0n) is 17.0. The van der Waals surface area contributed by atoms with Gasteiger partial charge in [0.05, 0.1) is 34.5 Å². The SMILES string of the molecule is NC(=O)c1ccccc1S(=O)(=O)C1=CC=CC(N)([N+](=O)[O-])C1CCCN1CCOCC1. The molecule has 0 spiro atoms. The van der Waals surface area contributed by atoms with Crippen LogP contribution in [0.1, 0.15) is 23.2 Å². The number of rotatable bonds is 8. The van der Waals surface area contributed by atoms with Crippen LogP contribution in [0.25, 0.3) is 0 Å². The summed E-state index contributed by atoms with van der Waals surface area (Å²) in [6, 6.07) is 5.54. The third kappa shape index (κ3) is 4.69. The van der Waals surface area contributed by atoms with Crippen LogP contribution in [0.2, 0.25) is 0 Å². The number of carbonyl (C=O) groups is 1. The van der Waals surface area contributed by atoms with Gasteiger partial charge < -0.3 is 10.5 Å². The number of hydrogen-bond acceptors (Lipinski definition) is 8. The summed E-state index contributed by atoms with van der Waals surface area (Å²) < 4.78 is 32.3. The first-order chi connectivity index (χ1) is 14.7. The Morgan fingerprint density at radius 1 is 1.29 bits per heavy atom. The van der Waals surface area contributed by atoms with Crippen molar-refractivity contribution in [3.8, 4) is 0 Å². The third-order valence-electron chi connectivity index (χ3n) is 5.66. The van der Waals surface area contributed by atoms with Crippen molar-refractivity contribution in [1.82, 2.24) is 4.90 Å². The number of nitro groups is 1. The zero-order valence-corrected chi connectivity index (χ0v) is 17.8. The Balaban J connectivity index is 1.94. The van der Waals surface area contributed by atoms with E-state index in [4.69, 9.17) is 16.2 Å². The third-order valence-corrected chi connectivity index (χ3v) is 7.64. The summed E-state index contributed by atoms with van der Waals surface area (Å²) in [5.74, 6) is -2.00. The van der Waals surface area contributed by atoms with Crippen molar-refractivity contribution in [3.63, 3.8) is 0 Å². The van der Waals surface area contributed by atoms with E-state index in [1.165, 1.54) is 42.5 Å². The van der Waals surface area contributed by atoms with Gasteiger partial charge in [0.1, 0.15) is 0 Å². The lowest BCUT2D eigenvalue weighted by Gasteiger charge is -2.32. The van der Waals surface area contributed by atoms with Crippen molar-refractivity contribution in [2.24, 2.45) is 17.4 Å². The Labute approximate surface area is 180 Å². The molecule has 1 aliphatic heterocycles. The smallest absolute Gasteiger partial charge is 0.299 e. The van der Waals surface area contributed by atoms with E-state index in [-0.39, 0.29) is 21.8 Å². The maximum Gasteiger partial charge on any atom is 0.299 e. The number of amides is 1. The molecule has 3 rings (SSSR count). The van der Waals surface area contributed by atoms with Crippen molar-refractivity contribution >= 4 is 15.7 Å². The number of nitrogens with zero attached hydrogens (tertiary/aromatic N) is 2. The number of carbonyl (C=O) groups excluding carboxylic acids is 1. The molecule has 1 aromatic rings. The standard InChI is InChI=1S/C20H26N4O6S/c21-19(25)15-5-1-2-7-17(15)31(28,29)18-8-3-9-20(22,24(26)27)16(18)6-4-10-23-11-13-30-14-12-23/h1-3,5,7-9,16H,4,6,10-14,22H2,(H2,21,25). The average Bonchev–Trinajstić information content (AvgIpc) is 2.75. The Kier molecular flexibility index (Phi) is 6.90. The van der Waals surface area contributed by atoms with Crippen LogP contribution < -0.4 is 11.5 Å². The van der Waals surface area contributed by atoms with Gasteiger partial charge in [-0.2, -0.15) is 0 Å². The topological polar surface area (TPSA) is 159 Å². The second kappa shape index (κ2) is 9.27. The van der Waals surface area contributed by atoms with Gasteiger partial charge in [0, 0.05) is 24.1 Å². The van der Waals surface area contributed by atoms with Gasteiger partial charge in [-0.3, -0.25) is 25.5 Å². The second-order valence-corrected chi connectivity index (χ2v) is 9.50. The molecule has 168 valence electrons. The van der Waals surface area contributed by atoms with E-state index in [0.29, 0.717) is 26.2 Å². The zero-order chi connectivity index (χ0) is 22.6. The fraction of sp³-hybridized carbons (Fsp3) is 0.450. The van der Waals surface area contributed by atoms with E-state index in [2.05, 4.69) is 4.90 Å². The highest BCUT2D eigenvalue weighted by Crippen LogP contribution is 2.39. The molecular weight excluding hydrogens is 424 g/mol. The first-order valence-corrected chi connectivity index (χ1v) is 11.4. The largest absolute Gasteiger partial charge is 0.379 e. The van der Waals surface area contributed by atoms with Crippen LogP contribution in [0.15, 0.2) is 52.3 Å². The summed E-state index contributed by atoms with van der Waals surface area (Å²) in [6.45, 7) is 3.38. The Hall–Kier alpha value is -2.60. The highest BCUT2D eigenvalue weighted by molar-refractivity contribution is 7.95. The molecule has 1 fully saturated rings. The van der Waals surface area contributed by atoms with Crippen LogP contribution in [-0.2, 0) is 14.6 Å². The van der Waals surface area contributed by atoms with Crippen LogP contribution in [0, 0.1) is 16.0 Å². The molecule has 0 saturated carbocycles. The lowest BCUT2D eigenvalue weighted by Crippen LogP contribution is -2.54. The van der Waals surface area contributed by atoms with Gasteiger partial charge in [0.15, 0.2) is 0 Å². The number of ether oxygens (including phenoxy) is 1. The van der Waals surface area contributed by atoms with Crippen LogP contribution in [0.3, 0.4) is 0 Å². The molecule has 2 atom stereocenters. The maximum absolute atomic E-state index is 13.5. The average molecular weight is 451 g/mol. The van der Waals surface area contributed by atoms with Gasteiger partial charge in [-0.1, -0.05) is 18.2 Å². The maximum atomic E-state index is 13.5. The number of hydrogen-bond donors (Lipinski definition) is 2. The fourth-order valence-electron chi connectivity index (χ4n) is 3.97. The molecule has 1 aromatic carbocycles. The van der Waals surface area contributed by atoms with Crippen molar-refractivity contribution in [2.45, 2.75) is 23.4 Å². The number of benzene rings is 1. The van der Waals surface area contributed by atoms with Gasteiger partial charge in [-0.05, 0) is 37.6 Å². The number of morpholine rings is 1. The molecule has 4 N–H and O–H groups in total. The molecule has 0 aromatic heterocycles. The molecular formula is C20H26N4O6S. The number of nitrogens with two attached hydrogens (primary N) is 2. The minimum absolute atomic E-state index is 0.172. The molecule has 1 heterocycles. The number of allylic oxidation sites excluding steroid dienone is 2. The summed E-state index contributed by atoms with van der Waals surface area (Å²) in [5.41, 5.74) is 9.21. The van der Waals surface area contributed by atoms with Gasteiger partial charge >= 0.3 is 0 Å². The quantitative estimate of drug-likeness (QED) is 0.332. The minimum atomic E-state index is -4.26. The predicted octanol–water partition coefficient (Wildman–Crippen LogP) is 0.673. The van der Waals surface area contributed by atoms with E-state index in [1.54, 1.807) is 0 Å². The van der Waals surface area contributed by atoms with Crippen LogP contribution in [0.4, 0.5) is 0 Å². The van der Waals surface area contributed by atoms with Gasteiger partial charge in [-0.25, -0.2) is 8.42 Å². The van der Waals surface area contributed by atoms with Crippen molar-refractivity contribution in [2.75, 3.05) is 32.8 Å². The molecule has 1 aliphatic carbocycles.